The van der Waals surface area contributed by atoms with Gasteiger partial charge in [-0.2, -0.15) is 0 Å². The van der Waals surface area contributed by atoms with Crippen LogP contribution < -0.4 is 0 Å². The van der Waals surface area contributed by atoms with Crippen LogP contribution in [0.15, 0.2) is 48.5 Å². The number of hydrogen-bond acceptors (Lipinski definition) is 4. The molecule has 3 aromatic carbocycles. The lowest BCUT2D eigenvalue weighted by atomic mass is 9.96. The first-order chi connectivity index (χ1) is 12.7. The maximum absolute atomic E-state index is 12.5. The number of esters is 2. The molecule has 0 saturated carbocycles. The van der Waals surface area contributed by atoms with Gasteiger partial charge in [0.1, 0.15) is 0 Å². The number of carbonyl (C=O) groups is 2. The van der Waals surface area contributed by atoms with E-state index < -0.39 is 11.9 Å². The summed E-state index contributed by atoms with van der Waals surface area (Å²) in [5, 5.41) is 2.27. The number of carbonyl (C=O) groups excluding carboxylic acids is 2. The van der Waals surface area contributed by atoms with Gasteiger partial charge < -0.3 is 9.47 Å². The second kappa shape index (κ2) is 6.30. The predicted octanol–water partition coefficient (Wildman–Crippen LogP) is 4.84. The average molecular weight is 346 g/mol. The Balaban J connectivity index is 1.99. The van der Waals surface area contributed by atoms with Gasteiger partial charge in [-0.25, -0.2) is 9.59 Å². The fraction of sp³-hybridized carbons (Fsp3) is 0.182. The fourth-order valence-corrected chi connectivity index (χ4v) is 3.59. The van der Waals surface area contributed by atoms with Crippen molar-refractivity contribution in [2.75, 3.05) is 13.2 Å². The normalized spacial score (nSPS) is 11.3. The van der Waals surface area contributed by atoms with E-state index in [2.05, 4.69) is 12.1 Å². The zero-order valence-electron chi connectivity index (χ0n) is 14.7. The number of ether oxygens (including phenoxy) is 2. The highest BCUT2D eigenvalue weighted by molar-refractivity contribution is 6.17. The Kier molecular flexibility index (Phi) is 3.96. The molecule has 0 aromatic heterocycles. The van der Waals surface area contributed by atoms with Crippen LogP contribution in [0.3, 0.4) is 0 Å². The molecule has 0 unspecified atom stereocenters. The van der Waals surface area contributed by atoms with Gasteiger partial charge in [0.15, 0.2) is 0 Å². The molecular weight excluding hydrogens is 328 g/mol. The minimum atomic E-state index is -0.513. The third-order valence-corrected chi connectivity index (χ3v) is 4.63. The van der Waals surface area contributed by atoms with Gasteiger partial charge in [-0.3, -0.25) is 0 Å². The van der Waals surface area contributed by atoms with Crippen LogP contribution in [0, 0.1) is 0 Å². The Morgan fingerprint density at radius 1 is 0.731 bits per heavy atom. The van der Waals surface area contributed by atoms with Crippen LogP contribution in [0.4, 0.5) is 0 Å². The summed E-state index contributed by atoms with van der Waals surface area (Å²) in [7, 11) is 0. The Morgan fingerprint density at radius 3 is 1.62 bits per heavy atom. The predicted molar refractivity (Wildman–Crippen MR) is 100 cm³/mol. The zero-order valence-corrected chi connectivity index (χ0v) is 14.7. The van der Waals surface area contributed by atoms with Gasteiger partial charge >= 0.3 is 11.9 Å². The third kappa shape index (κ3) is 2.37. The standard InChI is InChI=1S/C22H18O4/c1-3-25-21(23)18-11-16-14-9-5-7-13-8-6-10-15(20(13)14)17(16)12-19(18)22(24)26-4-2/h5-12H,3-4H2,1-2H3. The first kappa shape index (κ1) is 16.3. The maximum atomic E-state index is 12.5. The third-order valence-electron chi connectivity index (χ3n) is 4.63. The highest BCUT2D eigenvalue weighted by atomic mass is 16.5. The van der Waals surface area contributed by atoms with Crippen molar-refractivity contribution < 1.29 is 19.1 Å². The Morgan fingerprint density at radius 2 is 1.19 bits per heavy atom. The van der Waals surface area contributed by atoms with Crippen LogP contribution >= 0.6 is 0 Å². The van der Waals surface area contributed by atoms with Crippen molar-refractivity contribution in [3.63, 3.8) is 0 Å². The molecule has 130 valence electrons. The van der Waals surface area contributed by atoms with E-state index in [0.29, 0.717) is 0 Å². The molecule has 4 nitrogen and oxygen atoms in total. The number of fused-ring (bicyclic) bond motifs is 3. The molecule has 0 saturated heterocycles. The highest BCUT2D eigenvalue weighted by Crippen LogP contribution is 2.48. The summed E-state index contributed by atoms with van der Waals surface area (Å²) in [6.45, 7) is 3.97. The molecule has 26 heavy (non-hydrogen) atoms. The summed E-state index contributed by atoms with van der Waals surface area (Å²) in [5.41, 5.74) is 4.49. The lowest BCUT2D eigenvalue weighted by molar-refractivity contribution is 0.0479. The van der Waals surface area contributed by atoms with Crippen molar-refractivity contribution >= 4 is 22.7 Å². The lowest BCUT2D eigenvalue weighted by Crippen LogP contribution is -2.14. The van der Waals surface area contributed by atoms with Gasteiger partial charge in [0.2, 0.25) is 0 Å². The average Bonchev–Trinajstić information content (AvgIpc) is 2.97. The van der Waals surface area contributed by atoms with Crippen molar-refractivity contribution in [3.8, 4) is 22.3 Å². The largest absolute Gasteiger partial charge is 0.462 e. The summed E-state index contributed by atoms with van der Waals surface area (Å²) in [5.74, 6) is -1.03. The minimum absolute atomic E-state index is 0.244. The fourth-order valence-electron chi connectivity index (χ4n) is 3.59. The molecule has 0 amide bonds. The second-order valence-electron chi connectivity index (χ2n) is 6.09. The molecule has 1 aliphatic carbocycles. The lowest BCUT2D eigenvalue weighted by Gasteiger charge is -2.12. The Bertz CT molecular complexity index is 970. The summed E-state index contributed by atoms with van der Waals surface area (Å²) in [6, 6.07) is 15.7. The van der Waals surface area contributed by atoms with E-state index in [1.807, 2.05) is 24.3 Å². The van der Waals surface area contributed by atoms with E-state index in [4.69, 9.17) is 9.47 Å². The van der Waals surface area contributed by atoms with Crippen LogP contribution in [0.2, 0.25) is 0 Å². The molecule has 4 rings (SSSR count). The maximum Gasteiger partial charge on any atom is 0.339 e. The van der Waals surface area contributed by atoms with Gasteiger partial charge in [-0.05, 0) is 59.0 Å². The molecule has 0 atom stereocenters. The summed E-state index contributed by atoms with van der Waals surface area (Å²) in [4.78, 5) is 24.9. The first-order valence-electron chi connectivity index (χ1n) is 8.70. The van der Waals surface area contributed by atoms with E-state index in [1.54, 1.807) is 26.0 Å². The number of rotatable bonds is 4. The van der Waals surface area contributed by atoms with Crippen LogP contribution in [0.25, 0.3) is 33.0 Å². The van der Waals surface area contributed by atoms with Crippen molar-refractivity contribution in [3.05, 3.63) is 59.7 Å². The molecule has 3 aromatic rings. The molecular formula is C22H18O4. The van der Waals surface area contributed by atoms with Crippen LogP contribution in [-0.2, 0) is 9.47 Å². The monoisotopic (exact) mass is 346 g/mol. The quantitative estimate of drug-likeness (QED) is 0.496. The Hall–Kier alpha value is -3.14. The SMILES string of the molecule is CCOC(=O)c1cc2c(cc1C(=O)OCC)-c1cccc3cccc-2c13. The van der Waals surface area contributed by atoms with Gasteiger partial charge in [-0.15, -0.1) is 0 Å². The second-order valence-corrected chi connectivity index (χ2v) is 6.09. The van der Waals surface area contributed by atoms with Gasteiger partial charge in [0.05, 0.1) is 24.3 Å². The summed E-state index contributed by atoms with van der Waals surface area (Å²) >= 11 is 0. The van der Waals surface area contributed by atoms with E-state index in [1.165, 1.54) is 0 Å². The molecule has 0 aliphatic heterocycles. The molecule has 0 bridgehead atoms. The van der Waals surface area contributed by atoms with Crippen molar-refractivity contribution in [2.24, 2.45) is 0 Å². The van der Waals surface area contributed by atoms with Gasteiger partial charge in [-0.1, -0.05) is 36.4 Å². The molecule has 0 N–H and O–H groups in total. The van der Waals surface area contributed by atoms with Crippen molar-refractivity contribution in [2.45, 2.75) is 13.8 Å². The molecule has 0 spiro atoms. The summed E-state index contributed by atoms with van der Waals surface area (Å²) in [6.07, 6.45) is 0. The van der Waals surface area contributed by atoms with Gasteiger partial charge in [0, 0.05) is 0 Å². The first-order valence-corrected chi connectivity index (χ1v) is 8.70. The molecule has 0 fully saturated rings. The van der Waals surface area contributed by atoms with E-state index >= 15 is 0 Å². The smallest absolute Gasteiger partial charge is 0.339 e. The topological polar surface area (TPSA) is 52.6 Å². The molecule has 1 aliphatic rings. The van der Waals surface area contributed by atoms with Crippen molar-refractivity contribution in [1.82, 2.24) is 0 Å². The zero-order chi connectivity index (χ0) is 18.3. The Labute approximate surface area is 151 Å². The minimum Gasteiger partial charge on any atom is -0.462 e. The van der Waals surface area contributed by atoms with Gasteiger partial charge in [0.25, 0.3) is 0 Å². The van der Waals surface area contributed by atoms with Crippen LogP contribution in [0.5, 0.6) is 0 Å². The van der Waals surface area contributed by atoms with E-state index in [-0.39, 0.29) is 24.3 Å². The van der Waals surface area contributed by atoms with Crippen molar-refractivity contribution in [1.29, 1.82) is 0 Å². The molecule has 0 radical (unpaired) electrons. The summed E-state index contributed by atoms with van der Waals surface area (Å²) < 4.78 is 10.3. The molecule has 0 heterocycles. The van der Waals surface area contributed by atoms with E-state index in [9.17, 15) is 9.59 Å². The number of hydrogen-bond donors (Lipinski definition) is 0. The highest BCUT2D eigenvalue weighted by Gasteiger charge is 2.27. The number of benzene rings is 3. The van der Waals surface area contributed by atoms with E-state index in [0.717, 1.165) is 33.0 Å². The van der Waals surface area contributed by atoms with Crippen LogP contribution in [-0.4, -0.2) is 25.2 Å². The molecule has 4 heteroatoms. The van der Waals surface area contributed by atoms with Crippen LogP contribution in [0.1, 0.15) is 34.6 Å².